The zero-order valence-corrected chi connectivity index (χ0v) is 21.9. The van der Waals surface area contributed by atoms with Crippen LogP contribution in [0.2, 0.25) is 0 Å². The van der Waals surface area contributed by atoms with Gasteiger partial charge in [-0.1, -0.05) is 42.7 Å². The molecule has 5 rings (SSSR count). The summed E-state index contributed by atoms with van der Waals surface area (Å²) < 4.78 is 1.61. The molecule has 4 aromatic rings. The summed E-state index contributed by atoms with van der Waals surface area (Å²) in [6.07, 6.45) is 7.43. The van der Waals surface area contributed by atoms with Crippen molar-refractivity contribution in [3.63, 3.8) is 0 Å². The highest BCUT2D eigenvalue weighted by atomic mass is 16.2. The third kappa shape index (κ3) is 5.22. The van der Waals surface area contributed by atoms with Gasteiger partial charge in [0.15, 0.2) is 0 Å². The Balaban J connectivity index is 1.48. The van der Waals surface area contributed by atoms with E-state index in [0.29, 0.717) is 18.5 Å². The molecule has 0 saturated heterocycles. The summed E-state index contributed by atoms with van der Waals surface area (Å²) in [5, 5.41) is 11.6. The molecule has 0 atom stereocenters. The number of carbonyl (C=O) groups is 2. The Labute approximate surface area is 222 Å². The summed E-state index contributed by atoms with van der Waals surface area (Å²) in [6.45, 7) is 0.277. The van der Waals surface area contributed by atoms with E-state index in [4.69, 9.17) is 0 Å². The summed E-state index contributed by atoms with van der Waals surface area (Å²) in [6, 6.07) is 19.1. The summed E-state index contributed by atoms with van der Waals surface area (Å²) in [7, 11) is 3.95. The van der Waals surface area contributed by atoms with Crippen LogP contribution in [0.15, 0.2) is 73.1 Å². The number of amides is 2. The molecule has 0 spiro atoms. The minimum Gasteiger partial charge on any atom is -0.378 e. The molecule has 2 amide bonds. The van der Waals surface area contributed by atoms with Crippen molar-refractivity contribution >= 4 is 34.2 Å². The quantitative estimate of drug-likeness (QED) is 0.380. The molecule has 0 radical (unpaired) electrons. The summed E-state index contributed by atoms with van der Waals surface area (Å²) in [5.74, 6) is -0.333. The topological polar surface area (TPSA) is 96.2 Å². The van der Waals surface area contributed by atoms with Crippen molar-refractivity contribution in [2.45, 2.75) is 50.7 Å². The maximum atomic E-state index is 14.1. The third-order valence-corrected chi connectivity index (χ3v) is 7.33. The molecule has 9 heteroatoms. The number of anilines is 2. The van der Waals surface area contributed by atoms with Gasteiger partial charge in [-0.05, 0) is 60.9 Å². The minimum absolute atomic E-state index is 0.00661. The lowest BCUT2D eigenvalue weighted by Gasteiger charge is -2.45. The zero-order valence-electron chi connectivity index (χ0n) is 21.9. The Kier molecular flexibility index (Phi) is 7.35. The number of aromatic nitrogens is 4. The van der Waals surface area contributed by atoms with Crippen LogP contribution in [0, 0.1) is 0 Å². The third-order valence-electron chi connectivity index (χ3n) is 7.33. The van der Waals surface area contributed by atoms with E-state index in [0.717, 1.165) is 41.5 Å². The van der Waals surface area contributed by atoms with E-state index in [1.165, 1.54) is 0 Å². The number of hydrogen-bond donors (Lipinski definition) is 1. The smallest absolute Gasteiger partial charge is 0.250 e. The van der Waals surface area contributed by atoms with Crippen molar-refractivity contribution < 1.29 is 9.59 Å². The number of benzene rings is 2. The number of hydrogen-bond acceptors (Lipinski definition) is 6. The first-order chi connectivity index (χ1) is 18.5. The van der Waals surface area contributed by atoms with Crippen LogP contribution in [-0.4, -0.2) is 56.3 Å². The van der Waals surface area contributed by atoms with Crippen LogP contribution in [-0.2, 0) is 22.7 Å². The Morgan fingerprint density at radius 3 is 2.45 bits per heavy atom. The molecule has 2 heterocycles. The predicted molar refractivity (Wildman–Crippen MR) is 148 cm³/mol. The lowest BCUT2D eigenvalue weighted by atomic mass is 9.78. The van der Waals surface area contributed by atoms with Gasteiger partial charge in [0.25, 0.3) is 0 Å². The van der Waals surface area contributed by atoms with Crippen molar-refractivity contribution in [3.05, 3.63) is 78.6 Å². The average Bonchev–Trinajstić information content (AvgIpc) is 3.35. The Hall–Kier alpha value is -4.27. The molecule has 1 aliphatic carbocycles. The van der Waals surface area contributed by atoms with E-state index in [2.05, 4.69) is 20.6 Å². The van der Waals surface area contributed by atoms with Gasteiger partial charge in [-0.3, -0.25) is 14.6 Å². The van der Waals surface area contributed by atoms with E-state index in [-0.39, 0.29) is 24.9 Å². The monoisotopic (exact) mass is 511 g/mol. The first-order valence-electron chi connectivity index (χ1n) is 13.0. The molecule has 0 aliphatic heterocycles. The number of fused-ring (bicyclic) bond motifs is 1. The van der Waals surface area contributed by atoms with E-state index in [1.807, 2.05) is 79.7 Å². The zero-order chi connectivity index (χ0) is 26.5. The van der Waals surface area contributed by atoms with Gasteiger partial charge in [-0.2, -0.15) is 0 Å². The fourth-order valence-electron chi connectivity index (χ4n) is 5.25. The first-order valence-corrected chi connectivity index (χ1v) is 13.0. The number of pyridine rings is 1. The summed E-state index contributed by atoms with van der Waals surface area (Å²) in [4.78, 5) is 36.2. The number of carbonyl (C=O) groups excluding carboxylic acids is 2. The maximum Gasteiger partial charge on any atom is 0.250 e. The van der Waals surface area contributed by atoms with Gasteiger partial charge in [-0.25, -0.2) is 4.68 Å². The van der Waals surface area contributed by atoms with Gasteiger partial charge in [0, 0.05) is 44.4 Å². The fraction of sp³-hybridized carbons (Fsp3) is 0.345. The molecule has 1 aliphatic rings. The van der Waals surface area contributed by atoms with Crippen LogP contribution in [0.5, 0.6) is 0 Å². The van der Waals surface area contributed by atoms with Crippen molar-refractivity contribution in [3.8, 4) is 0 Å². The van der Waals surface area contributed by atoms with Gasteiger partial charge >= 0.3 is 0 Å². The van der Waals surface area contributed by atoms with Crippen LogP contribution in [0.1, 0.15) is 37.7 Å². The lowest BCUT2D eigenvalue weighted by molar-refractivity contribution is -0.149. The molecule has 38 heavy (non-hydrogen) atoms. The number of nitrogens with zero attached hydrogens (tertiary/aromatic N) is 6. The van der Waals surface area contributed by atoms with Gasteiger partial charge in [-0.15, -0.1) is 5.10 Å². The van der Waals surface area contributed by atoms with Crippen LogP contribution in [0.4, 0.5) is 11.4 Å². The van der Waals surface area contributed by atoms with Crippen molar-refractivity contribution in [1.82, 2.24) is 24.9 Å². The fourth-order valence-corrected chi connectivity index (χ4v) is 5.25. The van der Waals surface area contributed by atoms with Gasteiger partial charge in [0.05, 0.1) is 5.52 Å². The maximum absolute atomic E-state index is 14.1. The van der Waals surface area contributed by atoms with Crippen LogP contribution < -0.4 is 10.2 Å². The van der Waals surface area contributed by atoms with Crippen molar-refractivity contribution in [2.75, 3.05) is 24.3 Å². The van der Waals surface area contributed by atoms with Gasteiger partial charge in [0.2, 0.25) is 11.8 Å². The van der Waals surface area contributed by atoms with Gasteiger partial charge in [0.1, 0.15) is 17.6 Å². The SMILES string of the molecule is CN(C)c1ccc(NC(=O)C2(N(Cc3cccnc3)C(=O)Cn3nnc4ccccc43)CCCCC2)cc1. The number of para-hydroxylation sites is 1. The molecule has 9 nitrogen and oxygen atoms in total. The second-order valence-corrected chi connectivity index (χ2v) is 10.1. The van der Waals surface area contributed by atoms with E-state index in [9.17, 15) is 9.59 Å². The largest absolute Gasteiger partial charge is 0.378 e. The molecule has 196 valence electrons. The van der Waals surface area contributed by atoms with E-state index in [1.54, 1.807) is 22.0 Å². The Morgan fingerprint density at radius 2 is 1.74 bits per heavy atom. The van der Waals surface area contributed by atoms with Gasteiger partial charge < -0.3 is 15.1 Å². The number of nitrogens with one attached hydrogen (secondary N) is 1. The van der Waals surface area contributed by atoms with Crippen molar-refractivity contribution in [2.24, 2.45) is 0 Å². The second kappa shape index (κ2) is 11.0. The average molecular weight is 512 g/mol. The standard InChI is InChI=1S/C29H33N7O2/c1-34(2)24-14-12-23(13-15-24)31-28(38)29(16-6-3-7-17-29)35(20-22-9-8-18-30-19-22)27(37)21-36-26-11-5-4-10-25(26)32-33-36/h4-5,8-15,18-19H,3,6-7,16-17,20-21H2,1-2H3,(H,31,38). The van der Waals surface area contributed by atoms with Crippen LogP contribution in [0.25, 0.3) is 11.0 Å². The molecule has 2 aromatic heterocycles. The molecule has 1 saturated carbocycles. The predicted octanol–water partition coefficient (Wildman–Crippen LogP) is 4.26. The lowest BCUT2D eigenvalue weighted by Crippen LogP contribution is -2.60. The van der Waals surface area contributed by atoms with E-state index < -0.39 is 5.54 Å². The first kappa shape index (κ1) is 25.4. The Morgan fingerprint density at radius 1 is 0.974 bits per heavy atom. The molecule has 2 aromatic carbocycles. The normalized spacial score (nSPS) is 14.7. The Bertz CT molecular complexity index is 1390. The molecular weight excluding hydrogens is 478 g/mol. The molecular formula is C29H33N7O2. The molecule has 1 N–H and O–H groups in total. The summed E-state index contributed by atoms with van der Waals surface area (Å²) in [5.41, 5.74) is 3.15. The van der Waals surface area contributed by atoms with Crippen molar-refractivity contribution in [1.29, 1.82) is 0 Å². The van der Waals surface area contributed by atoms with Crippen LogP contribution in [0.3, 0.4) is 0 Å². The van der Waals surface area contributed by atoms with E-state index >= 15 is 0 Å². The second-order valence-electron chi connectivity index (χ2n) is 10.1. The number of rotatable bonds is 8. The highest BCUT2D eigenvalue weighted by molar-refractivity contribution is 6.00. The minimum atomic E-state index is -0.984. The summed E-state index contributed by atoms with van der Waals surface area (Å²) >= 11 is 0. The highest BCUT2D eigenvalue weighted by Gasteiger charge is 2.47. The molecule has 1 fully saturated rings. The molecule has 0 unspecified atom stereocenters. The van der Waals surface area contributed by atoms with Crippen LogP contribution >= 0.6 is 0 Å². The highest BCUT2D eigenvalue weighted by Crippen LogP contribution is 2.37. The molecule has 0 bridgehead atoms.